The number of nitrogens with zero attached hydrogens (tertiary/aromatic N) is 2. The lowest BCUT2D eigenvalue weighted by molar-refractivity contribution is 0.00407. The number of hydrogen-bond acceptors (Lipinski definition) is 2. The SMILES string of the molecule is O=C1N(CC2CCC(F)(F)C2)CC2CNCCN12. The Bertz CT molecular complexity index is 350. The van der Waals surface area contributed by atoms with Crippen LogP contribution >= 0.6 is 0 Å². The van der Waals surface area contributed by atoms with Crippen LogP contribution in [0.4, 0.5) is 13.6 Å². The molecule has 1 aliphatic carbocycles. The molecular weight excluding hydrogens is 240 g/mol. The smallest absolute Gasteiger partial charge is 0.320 e. The highest BCUT2D eigenvalue weighted by Gasteiger charge is 2.43. The molecule has 0 aromatic carbocycles. The van der Waals surface area contributed by atoms with Gasteiger partial charge in [0.2, 0.25) is 5.92 Å². The van der Waals surface area contributed by atoms with E-state index in [1.165, 1.54) is 0 Å². The molecule has 2 heterocycles. The maximum absolute atomic E-state index is 13.1. The molecule has 3 rings (SSSR count). The van der Waals surface area contributed by atoms with E-state index in [2.05, 4.69) is 5.32 Å². The van der Waals surface area contributed by atoms with Crippen LogP contribution in [-0.4, -0.2) is 60.5 Å². The summed E-state index contributed by atoms with van der Waals surface area (Å²) in [5.74, 6) is -2.54. The largest absolute Gasteiger partial charge is 0.322 e. The van der Waals surface area contributed by atoms with E-state index >= 15 is 0 Å². The number of piperazine rings is 1. The number of fused-ring (bicyclic) bond motifs is 1. The van der Waals surface area contributed by atoms with Crippen molar-refractivity contribution in [3.63, 3.8) is 0 Å². The highest BCUT2D eigenvalue weighted by molar-refractivity contribution is 5.77. The number of halogens is 2. The summed E-state index contributed by atoms with van der Waals surface area (Å²) < 4.78 is 26.3. The molecule has 102 valence electrons. The number of hydrogen-bond donors (Lipinski definition) is 1. The normalized spacial score (nSPS) is 35.1. The van der Waals surface area contributed by atoms with Gasteiger partial charge >= 0.3 is 6.03 Å². The predicted octanol–water partition coefficient (Wildman–Crippen LogP) is 1.13. The number of alkyl halides is 2. The Morgan fingerprint density at radius 3 is 2.94 bits per heavy atom. The Labute approximate surface area is 105 Å². The van der Waals surface area contributed by atoms with Crippen molar-refractivity contribution in [2.75, 3.05) is 32.7 Å². The quantitative estimate of drug-likeness (QED) is 0.807. The molecule has 2 atom stereocenters. The third kappa shape index (κ3) is 2.18. The summed E-state index contributed by atoms with van der Waals surface area (Å²) >= 11 is 0. The van der Waals surface area contributed by atoms with Crippen molar-refractivity contribution in [1.82, 2.24) is 15.1 Å². The van der Waals surface area contributed by atoms with Gasteiger partial charge in [0.25, 0.3) is 0 Å². The highest BCUT2D eigenvalue weighted by atomic mass is 19.3. The van der Waals surface area contributed by atoms with E-state index in [-0.39, 0.29) is 30.8 Å². The topological polar surface area (TPSA) is 35.6 Å². The van der Waals surface area contributed by atoms with E-state index in [0.29, 0.717) is 19.5 Å². The average molecular weight is 259 g/mol. The molecule has 0 radical (unpaired) electrons. The van der Waals surface area contributed by atoms with Crippen molar-refractivity contribution < 1.29 is 13.6 Å². The van der Waals surface area contributed by atoms with Crippen LogP contribution in [0.3, 0.4) is 0 Å². The molecule has 2 aliphatic heterocycles. The van der Waals surface area contributed by atoms with Gasteiger partial charge in [0.1, 0.15) is 0 Å². The molecule has 2 unspecified atom stereocenters. The second kappa shape index (κ2) is 4.33. The standard InChI is InChI=1S/C12H19F2N3O/c13-12(14)2-1-9(5-12)7-16-8-10-6-15-3-4-17(10)11(16)18/h9-10,15H,1-8H2. The molecule has 0 bridgehead atoms. The van der Waals surface area contributed by atoms with Crippen LogP contribution < -0.4 is 5.32 Å². The van der Waals surface area contributed by atoms with Crippen molar-refractivity contribution in [2.45, 2.75) is 31.2 Å². The third-order valence-corrected chi connectivity index (χ3v) is 4.28. The van der Waals surface area contributed by atoms with E-state index < -0.39 is 5.92 Å². The fraction of sp³-hybridized carbons (Fsp3) is 0.917. The van der Waals surface area contributed by atoms with Crippen LogP contribution in [0.2, 0.25) is 0 Å². The van der Waals surface area contributed by atoms with Gasteiger partial charge in [-0.15, -0.1) is 0 Å². The van der Waals surface area contributed by atoms with Gasteiger partial charge in [0.15, 0.2) is 0 Å². The summed E-state index contributed by atoms with van der Waals surface area (Å²) in [6.07, 6.45) is 0.466. The van der Waals surface area contributed by atoms with Crippen molar-refractivity contribution in [3.8, 4) is 0 Å². The Morgan fingerprint density at radius 1 is 1.44 bits per heavy atom. The summed E-state index contributed by atoms with van der Waals surface area (Å²) in [7, 11) is 0. The van der Waals surface area contributed by atoms with E-state index in [4.69, 9.17) is 0 Å². The summed E-state index contributed by atoms with van der Waals surface area (Å²) in [5, 5.41) is 3.26. The monoisotopic (exact) mass is 259 g/mol. The molecule has 6 heteroatoms. The first-order valence-corrected chi connectivity index (χ1v) is 6.69. The number of rotatable bonds is 2. The molecule has 18 heavy (non-hydrogen) atoms. The lowest BCUT2D eigenvalue weighted by Crippen LogP contribution is -2.49. The molecule has 3 aliphatic rings. The lowest BCUT2D eigenvalue weighted by atomic mass is 10.1. The van der Waals surface area contributed by atoms with Gasteiger partial charge in [0, 0.05) is 45.6 Å². The number of nitrogens with one attached hydrogen (secondary N) is 1. The van der Waals surface area contributed by atoms with Gasteiger partial charge < -0.3 is 15.1 Å². The van der Waals surface area contributed by atoms with E-state index in [9.17, 15) is 13.6 Å². The Morgan fingerprint density at radius 2 is 2.28 bits per heavy atom. The zero-order chi connectivity index (χ0) is 12.8. The summed E-state index contributed by atoms with van der Waals surface area (Å²) in [4.78, 5) is 15.8. The predicted molar refractivity (Wildman–Crippen MR) is 62.6 cm³/mol. The summed E-state index contributed by atoms with van der Waals surface area (Å²) in [6.45, 7) is 3.58. The molecular formula is C12H19F2N3O. The molecule has 2 saturated heterocycles. The molecule has 1 N–H and O–H groups in total. The minimum Gasteiger partial charge on any atom is -0.322 e. The number of carbonyl (C=O) groups is 1. The second-order valence-electron chi connectivity index (χ2n) is 5.70. The second-order valence-corrected chi connectivity index (χ2v) is 5.70. The fourth-order valence-electron chi connectivity index (χ4n) is 3.35. The first-order chi connectivity index (χ1) is 8.55. The minimum atomic E-state index is -2.51. The van der Waals surface area contributed by atoms with Crippen LogP contribution in [0.5, 0.6) is 0 Å². The maximum Gasteiger partial charge on any atom is 0.320 e. The van der Waals surface area contributed by atoms with Gasteiger partial charge in [-0.1, -0.05) is 0 Å². The van der Waals surface area contributed by atoms with Gasteiger partial charge in [-0.3, -0.25) is 0 Å². The van der Waals surface area contributed by atoms with Crippen molar-refractivity contribution in [1.29, 1.82) is 0 Å². The van der Waals surface area contributed by atoms with Gasteiger partial charge in [-0.05, 0) is 12.3 Å². The molecule has 0 aromatic rings. The first kappa shape index (κ1) is 12.1. The van der Waals surface area contributed by atoms with Gasteiger partial charge in [-0.25, -0.2) is 13.6 Å². The fourth-order valence-corrected chi connectivity index (χ4v) is 3.35. The molecule has 2 amide bonds. The van der Waals surface area contributed by atoms with Crippen molar-refractivity contribution in [2.24, 2.45) is 5.92 Å². The van der Waals surface area contributed by atoms with Crippen molar-refractivity contribution >= 4 is 6.03 Å². The summed E-state index contributed by atoms with van der Waals surface area (Å²) in [6, 6.07) is 0.268. The highest BCUT2D eigenvalue weighted by Crippen LogP contribution is 2.39. The van der Waals surface area contributed by atoms with Gasteiger partial charge in [0.05, 0.1) is 6.04 Å². The third-order valence-electron chi connectivity index (χ3n) is 4.28. The molecule has 3 fully saturated rings. The maximum atomic E-state index is 13.1. The van der Waals surface area contributed by atoms with Crippen LogP contribution in [0.15, 0.2) is 0 Å². The number of amides is 2. The van der Waals surface area contributed by atoms with Crippen LogP contribution in [0.1, 0.15) is 19.3 Å². The van der Waals surface area contributed by atoms with Crippen LogP contribution in [0.25, 0.3) is 0 Å². The average Bonchev–Trinajstić information content (AvgIpc) is 2.82. The molecule has 0 aromatic heterocycles. The van der Waals surface area contributed by atoms with Gasteiger partial charge in [-0.2, -0.15) is 0 Å². The Kier molecular flexibility index (Phi) is 2.92. The van der Waals surface area contributed by atoms with Crippen molar-refractivity contribution in [3.05, 3.63) is 0 Å². The minimum absolute atomic E-state index is 0.0194. The molecule has 0 spiro atoms. The van der Waals surface area contributed by atoms with Crippen LogP contribution in [0, 0.1) is 5.92 Å². The number of urea groups is 1. The number of carbonyl (C=O) groups excluding carboxylic acids is 1. The van der Waals surface area contributed by atoms with E-state index in [0.717, 1.165) is 19.6 Å². The Hall–Kier alpha value is -0.910. The van der Waals surface area contributed by atoms with E-state index in [1.54, 1.807) is 4.90 Å². The summed E-state index contributed by atoms with van der Waals surface area (Å²) in [5.41, 5.74) is 0. The lowest BCUT2D eigenvalue weighted by Gasteiger charge is -2.28. The van der Waals surface area contributed by atoms with Crippen LogP contribution in [-0.2, 0) is 0 Å². The molecule has 4 nitrogen and oxygen atoms in total. The molecule has 1 saturated carbocycles. The zero-order valence-electron chi connectivity index (χ0n) is 10.4. The first-order valence-electron chi connectivity index (χ1n) is 6.69. The van der Waals surface area contributed by atoms with E-state index in [1.807, 2.05) is 4.90 Å². The zero-order valence-corrected chi connectivity index (χ0v) is 10.4. The Balaban J connectivity index is 1.59.